The van der Waals surface area contributed by atoms with Crippen LogP contribution < -0.4 is 16.4 Å². The first kappa shape index (κ1) is 41.3. The molecule has 4 aromatic rings. The summed E-state index contributed by atoms with van der Waals surface area (Å²) in [6.45, 7) is 5.33. The highest BCUT2D eigenvalue weighted by Gasteiger charge is 2.38. The molecule has 0 unspecified atom stereocenters. The number of likely N-dealkylation sites (N-methyl/N-ethyl adjacent to an activating group) is 1. The highest BCUT2D eigenvalue weighted by molar-refractivity contribution is 7.92. The van der Waals surface area contributed by atoms with Crippen molar-refractivity contribution in [2.45, 2.75) is 55.6 Å². The summed E-state index contributed by atoms with van der Waals surface area (Å²) < 4.78 is 84.4. The van der Waals surface area contributed by atoms with Crippen LogP contribution >= 0.6 is 0 Å². The first-order valence-electron chi connectivity index (χ1n) is 16.3. The Morgan fingerprint density at radius 2 is 1.83 bits per heavy atom. The van der Waals surface area contributed by atoms with Crippen molar-refractivity contribution in [3.05, 3.63) is 88.9 Å². The summed E-state index contributed by atoms with van der Waals surface area (Å²) in [4.78, 5) is 41.3. The van der Waals surface area contributed by atoms with Gasteiger partial charge in [0.1, 0.15) is 17.7 Å². The van der Waals surface area contributed by atoms with Gasteiger partial charge in [-0.2, -0.15) is 13.2 Å². The number of aliphatic carboxylic acids is 1. The number of hydrogen-bond donors (Lipinski definition) is 4. The monoisotopic (exact) mass is 777 g/mol. The molecule has 290 valence electrons. The summed E-state index contributed by atoms with van der Waals surface area (Å²) in [5, 5.41) is 12.9. The lowest BCUT2D eigenvalue weighted by molar-refractivity contribution is -0.192. The minimum Gasteiger partial charge on any atom is -0.475 e. The molecule has 3 heterocycles. The number of carboxylic acids is 1. The van der Waals surface area contributed by atoms with Crippen LogP contribution in [-0.4, -0.2) is 80.2 Å². The number of carbonyl (C=O) groups excluding carboxylic acids is 2. The van der Waals surface area contributed by atoms with Crippen LogP contribution in [0.4, 0.5) is 39.5 Å². The lowest BCUT2D eigenvalue weighted by Gasteiger charge is -2.28. The van der Waals surface area contributed by atoms with E-state index in [1.165, 1.54) is 30.2 Å². The van der Waals surface area contributed by atoms with Crippen molar-refractivity contribution in [3.8, 4) is 0 Å². The van der Waals surface area contributed by atoms with Gasteiger partial charge in [-0.3, -0.25) is 10.1 Å². The smallest absolute Gasteiger partial charge is 0.475 e. The number of sulfone groups is 1. The number of benzene rings is 3. The molecule has 2 amide bonds. The van der Waals surface area contributed by atoms with Crippen LogP contribution in [-0.2, 0) is 35.4 Å². The third kappa shape index (κ3) is 9.54. The lowest BCUT2D eigenvalue weighted by Crippen LogP contribution is -2.35. The van der Waals surface area contributed by atoms with Crippen LogP contribution in [0.25, 0.3) is 10.8 Å². The number of alkyl halides is 3. The molecule has 2 aliphatic rings. The van der Waals surface area contributed by atoms with E-state index in [-0.39, 0.29) is 47.7 Å². The van der Waals surface area contributed by atoms with Gasteiger partial charge in [-0.25, -0.2) is 27.4 Å². The Hall–Kier alpha value is -5.49. The fraction of sp³-hybridized carbons (Fsp3) is 0.333. The number of pyridine rings is 1. The number of halogens is 4. The number of ether oxygens (including phenoxy) is 2. The maximum absolute atomic E-state index is 14.8. The van der Waals surface area contributed by atoms with Crippen LogP contribution in [0.5, 0.6) is 0 Å². The topological polar surface area (TPSA) is 190 Å². The average molecular weight is 778 g/mol. The second kappa shape index (κ2) is 16.7. The van der Waals surface area contributed by atoms with E-state index in [0.717, 1.165) is 17.3 Å². The van der Waals surface area contributed by atoms with Gasteiger partial charge in [0.15, 0.2) is 9.84 Å². The Morgan fingerprint density at radius 3 is 2.46 bits per heavy atom. The zero-order chi connectivity index (χ0) is 40.1. The van der Waals surface area contributed by atoms with Crippen LogP contribution in [0.3, 0.4) is 0 Å². The number of aryl methyl sites for hydroxylation is 1. The third-order valence-electron chi connectivity index (χ3n) is 8.62. The molecule has 0 saturated carbocycles. The number of methoxy groups -OCH3 is 1. The molecule has 1 aromatic heterocycles. The number of nitrogen functional groups attached to an aromatic ring is 1. The van der Waals surface area contributed by atoms with Crippen LogP contribution in [0.2, 0.25) is 0 Å². The Morgan fingerprint density at radius 1 is 1.15 bits per heavy atom. The summed E-state index contributed by atoms with van der Waals surface area (Å²) in [5.41, 5.74) is 9.48. The molecule has 0 radical (unpaired) electrons. The molecule has 0 aliphatic carbocycles. The lowest BCUT2D eigenvalue weighted by atomic mass is 9.93. The summed E-state index contributed by atoms with van der Waals surface area (Å²) in [6.07, 6.45) is -4.72. The maximum Gasteiger partial charge on any atom is 0.490 e. The van der Waals surface area contributed by atoms with Gasteiger partial charge in [0, 0.05) is 48.8 Å². The number of aromatic nitrogens is 1. The Labute approximate surface area is 308 Å². The number of nitrogens with one attached hydrogen (secondary N) is 2. The Kier molecular flexibility index (Phi) is 12.7. The number of rotatable bonds is 6. The minimum absolute atomic E-state index is 0.0104. The van der Waals surface area contributed by atoms with Gasteiger partial charge in [0.25, 0.3) is 0 Å². The first-order valence-corrected chi connectivity index (χ1v) is 17.8. The molecule has 13 nitrogen and oxygen atoms in total. The van der Waals surface area contributed by atoms with Gasteiger partial charge < -0.3 is 30.5 Å². The number of amides is 2. The Bertz CT molecular complexity index is 2170. The van der Waals surface area contributed by atoms with Gasteiger partial charge >= 0.3 is 18.2 Å². The fourth-order valence-electron chi connectivity index (χ4n) is 5.80. The van der Waals surface area contributed by atoms with E-state index in [1.807, 2.05) is 32.0 Å². The largest absolute Gasteiger partial charge is 0.490 e. The van der Waals surface area contributed by atoms with E-state index in [4.69, 9.17) is 25.1 Å². The zero-order valence-electron chi connectivity index (χ0n) is 29.8. The molecular formula is C36H39F4N5O8S. The molecule has 5 N–H and O–H groups in total. The van der Waals surface area contributed by atoms with Gasteiger partial charge in [-0.1, -0.05) is 25.1 Å². The summed E-state index contributed by atoms with van der Waals surface area (Å²) in [5.74, 6) is -3.67. The summed E-state index contributed by atoms with van der Waals surface area (Å²) >= 11 is 0. The van der Waals surface area contributed by atoms with Crippen molar-refractivity contribution < 1.29 is 54.9 Å². The molecule has 18 heteroatoms. The highest BCUT2D eigenvalue weighted by Crippen LogP contribution is 2.32. The second-order valence-electron chi connectivity index (χ2n) is 12.7. The van der Waals surface area contributed by atoms with Crippen molar-refractivity contribution in [1.82, 2.24) is 9.88 Å². The third-order valence-corrected chi connectivity index (χ3v) is 10.8. The summed E-state index contributed by atoms with van der Waals surface area (Å²) in [6, 6.07) is 14.0. The van der Waals surface area contributed by atoms with Crippen LogP contribution in [0.1, 0.15) is 48.1 Å². The Balaban J connectivity index is 0.000000845. The molecule has 6 rings (SSSR count). The molecule has 0 spiro atoms. The molecular weight excluding hydrogens is 738 g/mol. The van der Waals surface area contributed by atoms with E-state index in [1.54, 1.807) is 32.2 Å². The molecule has 3 aromatic carbocycles. The van der Waals surface area contributed by atoms with E-state index < -0.39 is 45.2 Å². The molecule has 0 saturated heterocycles. The molecule has 54 heavy (non-hydrogen) atoms. The van der Waals surface area contributed by atoms with Gasteiger partial charge in [0.2, 0.25) is 5.91 Å². The highest BCUT2D eigenvalue weighted by atomic mass is 32.2. The average Bonchev–Trinajstić information content (AvgIpc) is 3.10. The van der Waals surface area contributed by atoms with E-state index >= 15 is 0 Å². The molecule has 3 atom stereocenters. The van der Waals surface area contributed by atoms with Crippen LogP contribution in [0, 0.1) is 12.7 Å². The van der Waals surface area contributed by atoms with Crippen molar-refractivity contribution in [1.29, 1.82) is 0 Å². The van der Waals surface area contributed by atoms with Crippen molar-refractivity contribution in [2.75, 3.05) is 43.7 Å². The molecule has 4 bridgehead atoms. The zero-order valence-corrected chi connectivity index (χ0v) is 30.6. The quantitative estimate of drug-likeness (QED) is 0.164. The van der Waals surface area contributed by atoms with Gasteiger partial charge in [0.05, 0.1) is 29.6 Å². The van der Waals surface area contributed by atoms with Crippen molar-refractivity contribution in [3.63, 3.8) is 0 Å². The van der Waals surface area contributed by atoms with Gasteiger partial charge in [-0.15, -0.1) is 0 Å². The number of hydrogen-bond acceptors (Lipinski definition) is 10. The van der Waals surface area contributed by atoms with Crippen molar-refractivity contribution in [2.24, 2.45) is 0 Å². The number of carbonyl (C=O) groups is 3. The maximum atomic E-state index is 14.8. The number of nitrogens with two attached hydrogens (primary N) is 1. The van der Waals surface area contributed by atoms with Crippen molar-refractivity contribution >= 4 is 55.8 Å². The predicted molar refractivity (Wildman–Crippen MR) is 192 cm³/mol. The minimum atomic E-state index is -5.08. The fourth-order valence-corrected chi connectivity index (χ4v) is 7.30. The van der Waals surface area contributed by atoms with E-state index in [0.29, 0.717) is 27.9 Å². The standard InChI is InChI=1S/C34H38FN5O6S.C2HF3O2/c1-19-12-22-6-9-26(19)20(2)17-46-34(42)39-24-8-11-30(47(43,44)21(3)18-45-5)23(13-24)16-40(4)33(41)31(22)38-25-7-10-27-28(14-25)29(35)15-37-32(27)36;3-2(4,5)1(6)7/h6-15,20-21,31,38H,16-18H2,1-5H3,(H2,36,37)(H,39,42);(H,6,7)/t20-,21+,31+;/m0./s1. The van der Waals surface area contributed by atoms with E-state index in [2.05, 4.69) is 15.6 Å². The first-order chi connectivity index (χ1) is 25.2. The number of fused-ring (bicyclic) bond motifs is 10. The SMILES string of the molecule is COC[C@@H](C)S(=O)(=O)c1ccc2cc1CN(C)C(=O)[C@H](Nc1ccc3c(N)ncc(F)c3c1)c1ccc(c(C)c1)[C@@H](C)COC(=O)N2.O=C(O)C(F)(F)F. The number of anilines is 3. The molecule has 2 aliphatic heterocycles. The second-order valence-corrected chi connectivity index (χ2v) is 15.0. The van der Waals surface area contributed by atoms with E-state index in [9.17, 15) is 35.6 Å². The van der Waals surface area contributed by atoms with Crippen LogP contribution in [0.15, 0.2) is 65.7 Å². The normalized spacial score (nSPS) is 17.2. The predicted octanol–water partition coefficient (Wildman–Crippen LogP) is 6.18. The van der Waals surface area contributed by atoms with Gasteiger partial charge in [-0.05, 0) is 72.5 Å². The molecule has 0 fully saturated rings. The number of carboxylic acid groups (broad SMARTS) is 1. The summed E-state index contributed by atoms with van der Waals surface area (Å²) in [7, 11) is -0.896. The number of nitrogens with zero attached hydrogens (tertiary/aromatic N) is 2.